The number of likely N-dealkylation sites (tertiary alicyclic amines) is 1. The van der Waals surface area contributed by atoms with Crippen LogP contribution in [0.5, 0.6) is 0 Å². The highest BCUT2D eigenvalue weighted by molar-refractivity contribution is 5.73. The molecule has 0 aromatic carbocycles. The first-order valence-electron chi connectivity index (χ1n) is 5.32. The van der Waals surface area contributed by atoms with Crippen molar-refractivity contribution in [2.45, 2.75) is 32.7 Å². The molecule has 0 saturated carbocycles. The molecule has 0 aromatic rings. The summed E-state index contributed by atoms with van der Waals surface area (Å²) in [6, 6.07) is 0.0294. The number of amides is 2. The third-order valence-corrected chi connectivity index (χ3v) is 2.46. The fraction of sp³-hybridized carbons (Fsp3) is 0.800. The summed E-state index contributed by atoms with van der Waals surface area (Å²) in [6.45, 7) is 5.06. The zero-order valence-corrected chi connectivity index (χ0v) is 9.28. The van der Waals surface area contributed by atoms with E-state index in [1.54, 1.807) is 18.7 Å². The van der Waals surface area contributed by atoms with Gasteiger partial charge in [0.15, 0.2) is 0 Å². The molecule has 86 valence electrons. The van der Waals surface area contributed by atoms with Gasteiger partial charge in [0.25, 0.3) is 0 Å². The number of piperidine rings is 1. The number of hydrogen-bond acceptors (Lipinski definition) is 3. The summed E-state index contributed by atoms with van der Waals surface area (Å²) in [4.78, 5) is 24.0. The minimum absolute atomic E-state index is 0.0294. The molecule has 0 aliphatic carbocycles. The fourth-order valence-corrected chi connectivity index (χ4v) is 1.72. The number of carbonyl (C=O) groups excluding carboxylic acids is 2. The summed E-state index contributed by atoms with van der Waals surface area (Å²) in [6.07, 6.45) is 1.44. The van der Waals surface area contributed by atoms with E-state index in [2.05, 4.69) is 5.32 Å². The van der Waals surface area contributed by atoms with Gasteiger partial charge in [-0.15, -0.1) is 0 Å². The van der Waals surface area contributed by atoms with E-state index >= 15 is 0 Å². The van der Waals surface area contributed by atoms with E-state index in [1.165, 1.54) is 0 Å². The second-order valence-corrected chi connectivity index (χ2v) is 3.67. The van der Waals surface area contributed by atoms with Crippen molar-refractivity contribution in [3.05, 3.63) is 0 Å². The smallest absolute Gasteiger partial charge is 0.407 e. The first-order chi connectivity index (χ1) is 7.13. The standard InChI is InChI=1S/C10H18N2O3/c1-3-15-10(14)11-9-5-4-6-12(7-9)8(2)13/h9H,3-7H2,1-2H3,(H,11,14). The van der Waals surface area contributed by atoms with Crippen LogP contribution in [-0.2, 0) is 9.53 Å². The summed E-state index contributed by atoms with van der Waals surface area (Å²) in [5, 5.41) is 2.75. The number of alkyl carbamates (subject to hydrolysis) is 1. The molecule has 1 heterocycles. The largest absolute Gasteiger partial charge is 0.450 e. The van der Waals surface area contributed by atoms with Crippen LogP contribution in [0.25, 0.3) is 0 Å². The van der Waals surface area contributed by atoms with Crippen molar-refractivity contribution in [3.8, 4) is 0 Å². The minimum Gasteiger partial charge on any atom is -0.450 e. The Kier molecular flexibility index (Phi) is 4.39. The highest BCUT2D eigenvalue weighted by atomic mass is 16.5. The van der Waals surface area contributed by atoms with Crippen LogP contribution in [0, 0.1) is 0 Å². The van der Waals surface area contributed by atoms with Crippen LogP contribution in [0.2, 0.25) is 0 Å². The molecule has 1 aliphatic heterocycles. The second-order valence-electron chi connectivity index (χ2n) is 3.67. The summed E-state index contributed by atoms with van der Waals surface area (Å²) in [5.74, 6) is 0.0605. The maximum absolute atomic E-state index is 11.2. The predicted octanol–water partition coefficient (Wildman–Crippen LogP) is 0.743. The number of nitrogens with one attached hydrogen (secondary N) is 1. The van der Waals surface area contributed by atoms with Gasteiger partial charge in [0, 0.05) is 26.1 Å². The molecule has 5 nitrogen and oxygen atoms in total. The Morgan fingerprint density at radius 2 is 2.27 bits per heavy atom. The third kappa shape index (κ3) is 3.77. The van der Waals surface area contributed by atoms with E-state index in [1.807, 2.05) is 0 Å². The van der Waals surface area contributed by atoms with Crippen LogP contribution < -0.4 is 5.32 Å². The van der Waals surface area contributed by atoms with E-state index in [4.69, 9.17) is 4.74 Å². The van der Waals surface area contributed by atoms with Gasteiger partial charge in [-0.2, -0.15) is 0 Å². The van der Waals surface area contributed by atoms with Crippen LogP contribution in [-0.4, -0.2) is 42.6 Å². The normalized spacial score (nSPS) is 20.9. The van der Waals surface area contributed by atoms with E-state index in [-0.39, 0.29) is 11.9 Å². The lowest BCUT2D eigenvalue weighted by Crippen LogP contribution is -2.49. The van der Waals surface area contributed by atoms with Gasteiger partial charge in [0.05, 0.1) is 6.61 Å². The molecule has 0 radical (unpaired) electrons. The Bertz CT molecular complexity index is 243. The molecular weight excluding hydrogens is 196 g/mol. The van der Waals surface area contributed by atoms with Gasteiger partial charge in [-0.25, -0.2) is 4.79 Å². The van der Waals surface area contributed by atoms with Gasteiger partial charge in [0.2, 0.25) is 5.91 Å². The number of rotatable bonds is 2. The maximum Gasteiger partial charge on any atom is 0.407 e. The molecule has 1 aliphatic rings. The van der Waals surface area contributed by atoms with Gasteiger partial charge < -0.3 is 15.0 Å². The van der Waals surface area contributed by atoms with Crippen molar-refractivity contribution < 1.29 is 14.3 Å². The Labute approximate surface area is 89.8 Å². The molecule has 5 heteroatoms. The molecule has 1 unspecified atom stereocenters. The van der Waals surface area contributed by atoms with Gasteiger partial charge in [-0.1, -0.05) is 0 Å². The highest BCUT2D eigenvalue weighted by Crippen LogP contribution is 2.10. The summed E-state index contributed by atoms with van der Waals surface area (Å²) >= 11 is 0. The van der Waals surface area contributed by atoms with Gasteiger partial charge in [0.1, 0.15) is 0 Å². The van der Waals surface area contributed by atoms with E-state index in [0.717, 1.165) is 19.4 Å². The Morgan fingerprint density at radius 1 is 1.53 bits per heavy atom. The average molecular weight is 214 g/mol. The lowest BCUT2D eigenvalue weighted by Gasteiger charge is -2.32. The summed E-state index contributed by atoms with van der Waals surface area (Å²) in [5.41, 5.74) is 0. The van der Waals surface area contributed by atoms with Gasteiger partial charge >= 0.3 is 6.09 Å². The van der Waals surface area contributed by atoms with Crippen molar-refractivity contribution >= 4 is 12.0 Å². The first kappa shape index (κ1) is 11.8. The van der Waals surface area contributed by atoms with Crippen molar-refractivity contribution in [1.82, 2.24) is 10.2 Å². The molecule has 1 N–H and O–H groups in total. The number of hydrogen-bond donors (Lipinski definition) is 1. The molecule has 0 spiro atoms. The molecule has 0 bridgehead atoms. The van der Waals surface area contributed by atoms with Crippen LogP contribution in [0.1, 0.15) is 26.7 Å². The van der Waals surface area contributed by atoms with Crippen molar-refractivity contribution in [2.24, 2.45) is 0 Å². The fourth-order valence-electron chi connectivity index (χ4n) is 1.72. The quantitative estimate of drug-likeness (QED) is 0.737. The molecule has 2 amide bonds. The topological polar surface area (TPSA) is 58.6 Å². The molecule has 1 fully saturated rings. The molecule has 1 atom stereocenters. The van der Waals surface area contributed by atoms with Crippen LogP contribution in [0.15, 0.2) is 0 Å². The lowest BCUT2D eigenvalue weighted by atomic mass is 10.1. The van der Waals surface area contributed by atoms with Crippen molar-refractivity contribution in [1.29, 1.82) is 0 Å². The first-order valence-corrected chi connectivity index (χ1v) is 5.32. The van der Waals surface area contributed by atoms with E-state index in [9.17, 15) is 9.59 Å². The SMILES string of the molecule is CCOC(=O)NC1CCCN(C(C)=O)C1. The van der Waals surface area contributed by atoms with E-state index < -0.39 is 6.09 Å². The predicted molar refractivity (Wildman–Crippen MR) is 55.4 cm³/mol. The zero-order valence-electron chi connectivity index (χ0n) is 9.28. The molecule has 0 aromatic heterocycles. The molecule has 1 rings (SSSR count). The van der Waals surface area contributed by atoms with Gasteiger partial charge in [-0.05, 0) is 19.8 Å². The lowest BCUT2D eigenvalue weighted by molar-refractivity contribution is -0.130. The monoisotopic (exact) mass is 214 g/mol. The summed E-state index contributed by atoms with van der Waals surface area (Å²) < 4.78 is 4.79. The van der Waals surface area contributed by atoms with Crippen molar-refractivity contribution in [3.63, 3.8) is 0 Å². The Hall–Kier alpha value is -1.26. The maximum atomic E-state index is 11.2. The van der Waals surface area contributed by atoms with Crippen LogP contribution in [0.4, 0.5) is 4.79 Å². The Morgan fingerprint density at radius 3 is 2.87 bits per heavy atom. The number of ether oxygens (including phenoxy) is 1. The highest BCUT2D eigenvalue weighted by Gasteiger charge is 2.22. The molecule has 1 saturated heterocycles. The molecular formula is C10H18N2O3. The summed E-state index contributed by atoms with van der Waals surface area (Å²) in [7, 11) is 0. The van der Waals surface area contributed by atoms with Gasteiger partial charge in [-0.3, -0.25) is 4.79 Å². The molecule has 15 heavy (non-hydrogen) atoms. The number of nitrogens with zero attached hydrogens (tertiary/aromatic N) is 1. The minimum atomic E-state index is -0.395. The van der Waals surface area contributed by atoms with Crippen LogP contribution >= 0.6 is 0 Å². The van der Waals surface area contributed by atoms with E-state index in [0.29, 0.717) is 13.2 Å². The zero-order chi connectivity index (χ0) is 11.3. The Balaban J connectivity index is 2.36. The van der Waals surface area contributed by atoms with Crippen molar-refractivity contribution in [2.75, 3.05) is 19.7 Å². The van der Waals surface area contributed by atoms with Crippen LogP contribution in [0.3, 0.4) is 0 Å². The number of carbonyl (C=O) groups is 2. The average Bonchev–Trinajstić information content (AvgIpc) is 2.18. The third-order valence-electron chi connectivity index (χ3n) is 2.46. The second kappa shape index (κ2) is 5.58.